The van der Waals surface area contributed by atoms with Gasteiger partial charge in [-0.15, -0.1) is 0 Å². The second kappa shape index (κ2) is 6.74. The van der Waals surface area contributed by atoms with E-state index in [4.69, 9.17) is 5.73 Å². The first-order valence-corrected chi connectivity index (χ1v) is 9.06. The molecule has 0 bridgehead atoms. The topological polar surface area (TPSA) is 101 Å². The van der Waals surface area contributed by atoms with E-state index in [2.05, 4.69) is 0 Å². The number of sulfonamides is 1. The molecule has 0 saturated carbocycles. The molecule has 0 spiro atoms. The first-order valence-electron chi connectivity index (χ1n) is 7.45. The number of carbonyl (C=O) groups is 2. The molecule has 2 aliphatic heterocycles. The monoisotopic (exact) mass is 317 g/mol. The van der Waals surface area contributed by atoms with Gasteiger partial charge in [0.1, 0.15) is 0 Å². The number of nitrogens with two attached hydrogens (primary N) is 1. The molecule has 0 aromatic rings. The molecule has 0 atom stereocenters. The molecule has 7 nitrogen and oxygen atoms in total. The van der Waals surface area contributed by atoms with Crippen molar-refractivity contribution < 1.29 is 18.0 Å². The Labute approximate surface area is 125 Å². The minimum Gasteiger partial charge on any atom is -0.369 e. The summed E-state index contributed by atoms with van der Waals surface area (Å²) in [7, 11) is -3.17. The van der Waals surface area contributed by atoms with Gasteiger partial charge in [-0.25, -0.2) is 12.7 Å². The van der Waals surface area contributed by atoms with E-state index in [-0.39, 0.29) is 36.5 Å². The van der Waals surface area contributed by atoms with Crippen molar-refractivity contribution in [2.45, 2.75) is 32.1 Å². The fraction of sp³-hybridized carbons (Fsp3) is 0.846. The number of hydrogen-bond acceptors (Lipinski definition) is 4. The molecule has 2 N–H and O–H groups in total. The second-order valence-corrected chi connectivity index (χ2v) is 7.82. The van der Waals surface area contributed by atoms with Crippen LogP contribution in [0.5, 0.6) is 0 Å². The van der Waals surface area contributed by atoms with Gasteiger partial charge >= 0.3 is 0 Å². The standard InChI is InChI=1S/C13H23N3O4S/c14-13(18)11-3-7-15(8-4-11)12(17)5-9-16-6-1-2-10-21(16,19)20/h11H,1-10H2,(H2,14,18). The molecule has 2 amide bonds. The maximum absolute atomic E-state index is 12.1. The van der Waals surface area contributed by atoms with Crippen LogP contribution in [0.25, 0.3) is 0 Å². The van der Waals surface area contributed by atoms with E-state index in [0.717, 1.165) is 6.42 Å². The Bertz CT molecular complexity index is 498. The van der Waals surface area contributed by atoms with Crippen molar-refractivity contribution >= 4 is 21.8 Å². The lowest BCUT2D eigenvalue weighted by Crippen LogP contribution is -2.44. The third-order valence-electron chi connectivity index (χ3n) is 4.28. The van der Waals surface area contributed by atoms with Crippen molar-refractivity contribution in [1.29, 1.82) is 0 Å². The average Bonchev–Trinajstić information content (AvgIpc) is 2.45. The van der Waals surface area contributed by atoms with E-state index in [1.165, 1.54) is 4.31 Å². The molecular weight excluding hydrogens is 294 g/mol. The second-order valence-electron chi connectivity index (χ2n) is 5.73. The van der Waals surface area contributed by atoms with Gasteiger partial charge in [0.25, 0.3) is 0 Å². The van der Waals surface area contributed by atoms with Crippen molar-refractivity contribution in [3.63, 3.8) is 0 Å². The van der Waals surface area contributed by atoms with Crippen LogP contribution in [0.4, 0.5) is 0 Å². The predicted octanol–water partition coefficient (Wildman–Crippen LogP) is -0.474. The number of carbonyl (C=O) groups excluding carboxylic acids is 2. The highest BCUT2D eigenvalue weighted by Gasteiger charge is 2.28. The molecule has 120 valence electrons. The van der Waals surface area contributed by atoms with Crippen LogP contribution in [0, 0.1) is 5.92 Å². The first-order chi connectivity index (χ1) is 9.90. The van der Waals surface area contributed by atoms with Gasteiger partial charge in [0.05, 0.1) is 5.75 Å². The highest BCUT2D eigenvalue weighted by atomic mass is 32.2. The van der Waals surface area contributed by atoms with Crippen LogP contribution in [0.15, 0.2) is 0 Å². The molecule has 0 aromatic heterocycles. The predicted molar refractivity (Wildman–Crippen MR) is 77.7 cm³/mol. The number of primary amides is 1. The fourth-order valence-electron chi connectivity index (χ4n) is 2.88. The average molecular weight is 317 g/mol. The quantitative estimate of drug-likeness (QED) is 0.757. The van der Waals surface area contributed by atoms with Crippen LogP contribution in [0.2, 0.25) is 0 Å². The van der Waals surface area contributed by atoms with Crippen molar-refractivity contribution in [2.75, 3.05) is 31.9 Å². The van der Waals surface area contributed by atoms with Crippen LogP contribution in [0.3, 0.4) is 0 Å². The number of hydrogen-bond donors (Lipinski definition) is 1. The highest BCUT2D eigenvalue weighted by Crippen LogP contribution is 2.18. The van der Waals surface area contributed by atoms with E-state index in [1.807, 2.05) is 0 Å². The molecule has 21 heavy (non-hydrogen) atoms. The summed E-state index contributed by atoms with van der Waals surface area (Å²) < 4.78 is 25.1. The van der Waals surface area contributed by atoms with E-state index in [9.17, 15) is 18.0 Å². The van der Waals surface area contributed by atoms with Crippen LogP contribution in [-0.2, 0) is 19.6 Å². The lowest BCUT2D eigenvalue weighted by Gasteiger charge is -2.32. The summed E-state index contributed by atoms with van der Waals surface area (Å²) in [6, 6.07) is 0. The van der Waals surface area contributed by atoms with E-state index >= 15 is 0 Å². The Morgan fingerprint density at radius 2 is 1.76 bits per heavy atom. The van der Waals surface area contributed by atoms with Crippen molar-refractivity contribution in [3.8, 4) is 0 Å². The number of rotatable bonds is 4. The number of nitrogens with zero attached hydrogens (tertiary/aromatic N) is 2. The summed E-state index contributed by atoms with van der Waals surface area (Å²) in [5, 5.41) is 0. The van der Waals surface area contributed by atoms with Gasteiger partial charge in [0, 0.05) is 38.5 Å². The molecule has 2 fully saturated rings. The van der Waals surface area contributed by atoms with Gasteiger partial charge in [-0.2, -0.15) is 0 Å². The lowest BCUT2D eigenvalue weighted by molar-refractivity contribution is -0.135. The summed E-state index contributed by atoms with van der Waals surface area (Å²) in [5.41, 5.74) is 5.26. The van der Waals surface area contributed by atoms with Gasteiger partial charge < -0.3 is 10.6 Å². The minimum absolute atomic E-state index is 0.0429. The van der Waals surface area contributed by atoms with Gasteiger partial charge in [-0.05, 0) is 25.7 Å². The molecule has 0 unspecified atom stereocenters. The smallest absolute Gasteiger partial charge is 0.223 e. The molecule has 0 radical (unpaired) electrons. The van der Waals surface area contributed by atoms with Gasteiger partial charge in [0.2, 0.25) is 21.8 Å². The first kappa shape index (κ1) is 16.2. The van der Waals surface area contributed by atoms with Gasteiger partial charge in [-0.3, -0.25) is 9.59 Å². The van der Waals surface area contributed by atoms with E-state index < -0.39 is 10.0 Å². The van der Waals surface area contributed by atoms with Crippen molar-refractivity contribution in [1.82, 2.24) is 9.21 Å². The van der Waals surface area contributed by atoms with Crippen LogP contribution in [0.1, 0.15) is 32.1 Å². The van der Waals surface area contributed by atoms with Crippen LogP contribution >= 0.6 is 0 Å². The summed E-state index contributed by atoms with van der Waals surface area (Å²) in [4.78, 5) is 24.9. The molecular formula is C13H23N3O4S. The third kappa shape index (κ3) is 4.16. The van der Waals surface area contributed by atoms with Crippen molar-refractivity contribution in [3.05, 3.63) is 0 Å². The zero-order valence-corrected chi connectivity index (χ0v) is 13.0. The largest absolute Gasteiger partial charge is 0.369 e. The molecule has 2 aliphatic rings. The third-order valence-corrected chi connectivity index (χ3v) is 6.23. The molecule has 0 aliphatic carbocycles. The Balaban J connectivity index is 1.79. The number of piperidine rings is 1. The molecule has 0 aromatic carbocycles. The zero-order valence-electron chi connectivity index (χ0n) is 12.2. The lowest BCUT2D eigenvalue weighted by atomic mass is 9.96. The SMILES string of the molecule is NC(=O)C1CCN(C(=O)CCN2CCCCS2(=O)=O)CC1. The minimum atomic E-state index is -3.17. The summed E-state index contributed by atoms with van der Waals surface area (Å²) in [6.07, 6.45) is 2.97. The Kier molecular flexibility index (Phi) is 5.21. The highest BCUT2D eigenvalue weighted by molar-refractivity contribution is 7.89. The van der Waals surface area contributed by atoms with E-state index in [1.54, 1.807) is 4.90 Å². The van der Waals surface area contributed by atoms with Crippen LogP contribution in [-0.4, -0.2) is 61.4 Å². The zero-order chi connectivity index (χ0) is 15.5. The normalized spacial score (nSPS) is 23.9. The van der Waals surface area contributed by atoms with Gasteiger partial charge in [-0.1, -0.05) is 0 Å². The molecule has 8 heteroatoms. The van der Waals surface area contributed by atoms with Crippen molar-refractivity contribution in [2.24, 2.45) is 11.7 Å². The molecule has 2 heterocycles. The summed E-state index contributed by atoms with van der Waals surface area (Å²) >= 11 is 0. The maximum atomic E-state index is 12.1. The number of likely N-dealkylation sites (tertiary alicyclic amines) is 1. The Morgan fingerprint density at radius 1 is 1.10 bits per heavy atom. The molecule has 2 rings (SSSR count). The Hall–Kier alpha value is -1.15. The Morgan fingerprint density at radius 3 is 2.33 bits per heavy atom. The number of amides is 2. The van der Waals surface area contributed by atoms with Crippen LogP contribution < -0.4 is 5.73 Å². The maximum Gasteiger partial charge on any atom is 0.223 e. The summed E-state index contributed by atoms with van der Waals surface area (Å²) in [5.74, 6) is -0.303. The fourth-order valence-corrected chi connectivity index (χ4v) is 4.49. The molecule has 2 saturated heterocycles. The van der Waals surface area contributed by atoms with E-state index in [0.29, 0.717) is 38.9 Å². The van der Waals surface area contributed by atoms with Gasteiger partial charge in [0.15, 0.2) is 0 Å². The summed E-state index contributed by atoms with van der Waals surface area (Å²) in [6.45, 7) is 1.83.